The van der Waals surface area contributed by atoms with Gasteiger partial charge in [-0.15, -0.1) is 0 Å². The summed E-state index contributed by atoms with van der Waals surface area (Å²) < 4.78 is 10.6. The Labute approximate surface area is 140 Å². The molecule has 124 valence electrons. The molecule has 0 radical (unpaired) electrons. The minimum atomic E-state index is -0.881. The molecule has 5 heteroatoms. The van der Waals surface area contributed by atoms with Crippen molar-refractivity contribution in [1.82, 2.24) is 0 Å². The van der Waals surface area contributed by atoms with Crippen LogP contribution in [0.4, 0.5) is 5.69 Å². The lowest BCUT2D eigenvalue weighted by Gasteiger charge is -2.13. The molecule has 0 bridgehead atoms. The maximum absolute atomic E-state index is 12.0. The lowest BCUT2D eigenvalue weighted by molar-refractivity contribution is -0.148. The first-order valence-electron chi connectivity index (χ1n) is 7.55. The monoisotopic (exact) mass is 325 g/mol. The van der Waals surface area contributed by atoms with Crippen LogP contribution in [0.25, 0.3) is 0 Å². The smallest absolute Gasteiger partial charge is 0.331 e. The van der Waals surface area contributed by atoms with E-state index >= 15 is 0 Å². The minimum absolute atomic E-state index is 0.399. The van der Waals surface area contributed by atoms with Crippen LogP contribution in [0, 0.1) is 0 Å². The maximum Gasteiger partial charge on any atom is 0.331 e. The molecule has 0 aliphatic carbocycles. The number of amides is 1. The zero-order valence-electron chi connectivity index (χ0n) is 13.6. The normalized spacial score (nSPS) is 11.8. The van der Waals surface area contributed by atoms with Crippen molar-refractivity contribution < 1.29 is 19.1 Å². The van der Waals surface area contributed by atoms with E-state index in [0.717, 1.165) is 5.75 Å². The van der Waals surface area contributed by atoms with Gasteiger partial charge < -0.3 is 14.8 Å². The Morgan fingerprint density at radius 1 is 1.00 bits per heavy atom. The first-order valence-corrected chi connectivity index (χ1v) is 7.55. The lowest BCUT2D eigenvalue weighted by Crippen LogP contribution is -2.29. The summed E-state index contributed by atoms with van der Waals surface area (Å²) in [7, 11) is 0. The molecule has 24 heavy (non-hydrogen) atoms. The Bertz CT molecular complexity index is 708. The lowest BCUT2D eigenvalue weighted by atomic mass is 10.2. The van der Waals surface area contributed by atoms with Gasteiger partial charge in [-0.1, -0.05) is 24.3 Å². The van der Waals surface area contributed by atoms with Crippen molar-refractivity contribution in [1.29, 1.82) is 0 Å². The van der Waals surface area contributed by atoms with Crippen molar-refractivity contribution in [2.45, 2.75) is 20.0 Å². The number of esters is 1. The van der Waals surface area contributed by atoms with Gasteiger partial charge in [-0.2, -0.15) is 0 Å². The van der Waals surface area contributed by atoms with Crippen LogP contribution in [0.2, 0.25) is 0 Å². The van der Waals surface area contributed by atoms with Gasteiger partial charge in [0.2, 0.25) is 0 Å². The second kappa shape index (κ2) is 8.53. The number of hydrogen-bond donors (Lipinski definition) is 1. The molecule has 1 amide bonds. The van der Waals surface area contributed by atoms with Gasteiger partial charge in [0.15, 0.2) is 6.10 Å². The van der Waals surface area contributed by atoms with Crippen LogP contribution in [0.1, 0.15) is 13.8 Å². The van der Waals surface area contributed by atoms with Crippen LogP contribution in [-0.4, -0.2) is 18.0 Å². The Hall–Kier alpha value is -3.08. The molecular weight excluding hydrogens is 306 g/mol. The van der Waals surface area contributed by atoms with Gasteiger partial charge in [-0.25, -0.2) is 4.79 Å². The van der Waals surface area contributed by atoms with Crippen LogP contribution in [0.3, 0.4) is 0 Å². The first kappa shape index (κ1) is 17.3. The van der Waals surface area contributed by atoms with Gasteiger partial charge in [0.1, 0.15) is 11.5 Å². The van der Waals surface area contributed by atoms with Crippen LogP contribution in [0.15, 0.2) is 66.7 Å². The fourth-order valence-electron chi connectivity index (χ4n) is 1.88. The molecule has 1 atom stereocenters. The van der Waals surface area contributed by atoms with E-state index in [1.54, 1.807) is 37.3 Å². The SMILES string of the molecule is C/C=C/C(=O)O[C@@H](C)C(=O)Nc1ccc(Oc2ccccc2)cc1. The number of ether oxygens (including phenoxy) is 2. The molecule has 0 aliphatic heterocycles. The van der Waals surface area contributed by atoms with E-state index in [4.69, 9.17) is 9.47 Å². The molecule has 2 aromatic rings. The summed E-state index contributed by atoms with van der Waals surface area (Å²) >= 11 is 0. The number of nitrogens with one attached hydrogen (secondary N) is 1. The number of rotatable bonds is 6. The van der Waals surface area contributed by atoms with E-state index < -0.39 is 18.0 Å². The molecule has 0 aliphatic rings. The third kappa shape index (κ3) is 5.28. The van der Waals surface area contributed by atoms with Crippen molar-refractivity contribution >= 4 is 17.6 Å². The van der Waals surface area contributed by atoms with Crippen LogP contribution < -0.4 is 10.1 Å². The highest BCUT2D eigenvalue weighted by atomic mass is 16.5. The van der Waals surface area contributed by atoms with Gasteiger partial charge in [-0.3, -0.25) is 4.79 Å². The van der Waals surface area contributed by atoms with E-state index in [0.29, 0.717) is 11.4 Å². The first-order chi connectivity index (χ1) is 11.6. The van der Waals surface area contributed by atoms with Gasteiger partial charge in [0.05, 0.1) is 0 Å². The molecule has 0 fully saturated rings. The number of para-hydroxylation sites is 1. The molecule has 2 rings (SSSR count). The average Bonchev–Trinajstić information content (AvgIpc) is 2.57. The third-order valence-electron chi connectivity index (χ3n) is 3.07. The molecule has 0 spiro atoms. The Morgan fingerprint density at radius 3 is 2.25 bits per heavy atom. The summed E-state index contributed by atoms with van der Waals surface area (Å²) in [5.41, 5.74) is 0.592. The fourth-order valence-corrected chi connectivity index (χ4v) is 1.88. The summed E-state index contributed by atoms with van der Waals surface area (Å²) in [6.45, 7) is 3.22. The Balaban J connectivity index is 1.91. The number of carbonyl (C=O) groups is 2. The molecule has 1 N–H and O–H groups in total. The highest BCUT2D eigenvalue weighted by molar-refractivity contribution is 5.95. The van der Waals surface area contributed by atoms with Gasteiger partial charge >= 0.3 is 5.97 Å². The standard InChI is InChI=1S/C19H19NO4/c1-3-7-18(21)23-14(2)19(22)20-15-10-12-17(13-11-15)24-16-8-5-4-6-9-16/h3-14H,1-2H3,(H,20,22)/b7-3+/t14-/m0/s1. The highest BCUT2D eigenvalue weighted by Crippen LogP contribution is 2.22. The summed E-state index contributed by atoms with van der Waals surface area (Å²) in [5.74, 6) is 0.446. The van der Waals surface area contributed by atoms with E-state index in [1.165, 1.54) is 13.0 Å². The number of benzene rings is 2. The van der Waals surface area contributed by atoms with Gasteiger partial charge in [0.25, 0.3) is 5.91 Å². The second-order valence-electron chi connectivity index (χ2n) is 5.01. The summed E-state index contributed by atoms with van der Waals surface area (Å²) in [5, 5.41) is 2.68. The highest BCUT2D eigenvalue weighted by Gasteiger charge is 2.16. The van der Waals surface area contributed by atoms with Crippen LogP contribution in [0.5, 0.6) is 11.5 Å². The van der Waals surface area contributed by atoms with Crippen molar-refractivity contribution in [3.8, 4) is 11.5 Å². The fraction of sp³-hybridized carbons (Fsp3) is 0.158. The topological polar surface area (TPSA) is 64.6 Å². The Kier molecular flexibility index (Phi) is 6.14. The number of carbonyl (C=O) groups excluding carboxylic acids is 2. The summed E-state index contributed by atoms with van der Waals surface area (Å²) in [6, 6.07) is 16.3. The molecule has 0 heterocycles. The van der Waals surface area contributed by atoms with Crippen LogP contribution in [-0.2, 0) is 14.3 Å². The van der Waals surface area contributed by atoms with E-state index in [2.05, 4.69) is 5.32 Å². The summed E-state index contributed by atoms with van der Waals surface area (Å²) in [4.78, 5) is 23.3. The molecule has 0 saturated carbocycles. The predicted octanol–water partition coefficient (Wildman–Crippen LogP) is 3.93. The Morgan fingerprint density at radius 2 is 1.62 bits per heavy atom. The number of hydrogen-bond acceptors (Lipinski definition) is 4. The summed E-state index contributed by atoms with van der Waals surface area (Å²) in [6.07, 6.45) is 1.94. The molecule has 0 aromatic heterocycles. The molecule has 2 aromatic carbocycles. The van der Waals surface area contributed by atoms with Gasteiger partial charge in [0, 0.05) is 11.8 Å². The minimum Gasteiger partial charge on any atom is -0.457 e. The maximum atomic E-state index is 12.0. The van der Waals surface area contributed by atoms with E-state index in [1.807, 2.05) is 30.3 Å². The molecule has 0 saturated heterocycles. The van der Waals surface area contributed by atoms with Crippen molar-refractivity contribution in [3.05, 3.63) is 66.7 Å². The van der Waals surface area contributed by atoms with Crippen molar-refractivity contribution in [3.63, 3.8) is 0 Å². The number of allylic oxidation sites excluding steroid dienone is 1. The molecule has 5 nitrogen and oxygen atoms in total. The van der Waals surface area contributed by atoms with Gasteiger partial charge in [-0.05, 0) is 50.2 Å². The van der Waals surface area contributed by atoms with Crippen molar-refractivity contribution in [2.75, 3.05) is 5.32 Å². The quantitative estimate of drug-likeness (QED) is 0.646. The zero-order chi connectivity index (χ0) is 17.4. The van der Waals surface area contributed by atoms with E-state index in [-0.39, 0.29) is 0 Å². The zero-order valence-corrected chi connectivity index (χ0v) is 13.6. The molecule has 0 unspecified atom stereocenters. The molecular formula is C19H19NO4. The van der Waals surface area contributed by atoms with Crippen LogP contribution >= 0.6 is 0 Å². The second-order valence-corrected chi connectivity index (χ2v) is 5.01. The third-order valence-corrected chi connectivity index (χ3v) is 3.07. The van der Waals surface area contributed by atoms with E-state index in [9.17, 15) is 9.59 Å². The number of anilines is 1. The largest absolute Gasteiger partial charge is 0.457 e. The predicted molar refractivity (Wildman–Crippen MR) is 92.0 cm³/mol. The van der Waals surface area contributed by atoms with Crippen molar-refractivity contribution in [2.24, 2.45) is 0 Å². The average molecular weight is 325 g/mol.